The molecule has 0 saturated heterocycles. The largest absolute Gasteiger partial charge is 0.338 e. The first-order valence-electron chi connectivity index (χ1n) is 5.14. The highest BCUT2D eigenvalue weighted by atomic mass is 32.1. The minimum Gasteiger partial charge on any atom is -0.338 e. The molecule has 3 nitrogen and oxygen atoms in total. The number of aromatic nitrogens is 2. The number of nitrogens with zero attached hydrogens (tertiary/aromatic N) is 2. The molecule has 84 valence electrons. The maximum atomic E-state index is 12.0. The first-order valence-corrected chi connectivity index (χ1v) is 5.96. The third kappa shape index (κ3) is 2.07. The first-order chi connectivity index (χ1) is 7.58. The first kappa shape index (κ1) is 11.1. The van der Waals surface area contributed by atoms with Gasteiger partial charge in [0.1, 0.15) is 5.82 Å². The maximum Gasteiger partial charge on any atom is 0.180 e. The molecule has 0 fully saturated rings. The molecule has 0 unspecified atom stereocenters. The number of Topliss-reactive ketones (excluding diaryl/α,β-unsaturated/α-hetero) is 1. The van der Waals surface area contributed by atoms with E-state index in [1.807, 2.05) is 37.7 Å². The minimum atomic E-state index is 0.149. The molecule has 0 radical (unpaired) electrons. The Morgan fingerprint density at radius 1 is 1.50 bits per heavy atom. The molecule has 0 N–H and O–H groups in total. The summed E-state index contributed by atoms with van der Waals surface area (Å²) in [5, 5.41) is 0. The monoisotopic (exact) mass is 234 g/mol. The van der Waals surface area contributed by atoms with Crippen molar-refractivity contribution in [1.82, 2.24) is 9.55 Å². The van der Waals surface area contributed by atoms with Crippen molar-refractivity contribution in [2.45, 2.75) is 20.3 Å². The Hall–Kier alpha value is -1.42. The number of rotatable bonds is 3. The van der Waals surface area contributed by atoms with Crippen LogP contribution < -0.4 is 0 Å². The van der Waals surface area contributed by atoms with Crippen molar-refractivity contribution in [2.75, 3.05) is 0 Å². The second-order valence-corrected chi connectivity index (χ2v) is 5.16. The number of ketones is 1. The Morgan fingerprint density at radius 3 is 2.75 bits per heavy atom. The van der Waals surface area contributed by atoms with E-state index in [0.717, 1.165) is 10.7 Å². The van der Waals surface area contributed by atoms with Gasteiger partial charge in [-0.25, -0.2) is 4.98 Å². The smallest absolute Gasteiger partial charge is 0.180 e. The van der Waals surface area contributed by atoms with Gasteiger partial charge in [0.05, 0.1) is 11.3 Å². The summed E-state index contributed by atoms with van der Waals surface area (Å²) in [6, 6.07) is 1.96. The van der Waals surface area contributed by atoms with Crippen LogP contribution in [-0.2, 0) is 13.5 Å². The van der Waals surface area contributed by atoms with Crippen LogP contribution in [0.15, 0.2) is 18.5 Å². The van der Waals surface area contributed by atoms with Crippen LogP contribution in [0.5, 0.6) is 0 Å². The second kappa shape index (κ2) is 4.22. The fraction of sp³-hybridized carbons (Fsp3) is 0.333. The Labute approximate surface area is 98.8 Å². The van der Waals surface area contributed by atoms with E-state index < -0.39 is 0 Å². The lowest BCUT2D eigenvalue weighted by atomic mass is 10.2. The summed E-state index contributed by atoms with van der Waals surface area (Å²) in [7, 11) is 1.90. The van der Waals surface area contributed by atoms with Crippen LogP contribution in [0.1, 0.15) is 25.9 Å². The molecule has 0 aliphatic heterocycles. The Bertz CT molecular complexity index is 505. The van der Waals surface area contributed by atoms with Crippen molar-refractivity contribution in [2.24, 2.45) is 7.05 Å². The highest BCUT2D eigenvalue weighted by Gasteiger charge is 2.13. The van der Waals surface area contributed by atoms with Gasteiger partial charge in [0.2, 0.25) is 0 Å². The zero-order valence-corrected chi connectivity index (χ0v) is 10.5. The van der Waals surface area contributed by atoms with E-state index in [1.165, 1.54) is 10.4 Å². The van der Waals surface area contributed by atoms with Crippen LogP contribution in [-0.4, -0.2) is 15.3 Å². The number of carbonyl (C=O) groups excluding carboxylic acids is 1. The fourth-order valence-corrected chi connectivity index (χ4v) is 2.48. The Morgan fingerprint density at radius 2 is 2.25 bits per heavy atom. The molecule has 0 bridgehead atoms. The number of hydrogen-bond acceptors (Lipinski definition) is 3. The van der Waals surface area contributed by atoms with Gasteiger partial charge in [-0.2, -0.15) is 0 Å². The van der Waals surface area contributed by atoms with Crippen LogP contribution in [0.25, 0.3) is 0 Å². The van der Waals surface area contributed by atoms with E-state index in [4.69, 9.17) is 0 Å². The van der Waals surface area contributed by atoms with E-state index in [0.29, 0.717) is 6.42 Å². The van der Waals surface area contributed by atoms with E-state index in [1.54, 1.807) is 17.5 Å². The molecular formula is C12H14N2OS. The molecule has 0 aliphatic carbocycles. The third-order valence-corrected chi connectivity index (χ3v) is 3.87. The van der Waals surface area contributed by atoms with Gasteiger partial charge < -0.3 is 4.57 Å². The number of imidazole rings is 1. The molecule has 4 heteroatoms. The summed E-state index contributed by atoms with van der Waals surface area (Å²) in [5.74, 6) is 0.962. The summed E-state index contributed by atoms with van der Waals surface area (Å²) in [6.07, 6.45) is 3.95. The topological polar surface area (TPSA) is 34.9 Å². The standard InChI is InChI=1S/C12H14N2OS/c1-8-6-11(16-9(8)2)10(15)7-12-13-4-5-14(12)3/h4-6H,7H2,1-3H3. The molecule has 0 atom stereocenters. The number of thiophene rings is 1. The van der Waals surface area contributed by atoms with Crippen LogP contribution in [0.2, 0.25) is 0 Å². The van der Waals surface area contributed by atoms with Gasteiger partial charge in [-0.15, -0.1) is 11.3 Å². The van der Waals surface area contributed by atoms with Crippen molar-refractivity contribution >= 4 is 17.1 Å². The molecule has 0 saturated carbocycles. The number of aryl methyl sites for hydroxylation is 3. The van der Waals surface area contributed by atoms with E-state index in [2.05, 4.69) is 4.98 Å². The molecular weight excluding hydrogens is 220 g/mol. The zero-order chi connectivity index (χ0) is 11.7. The minimum absolute atomic E-state index is 0.149. The predicted molar refractivity (Wildman–Crippen MR) is 65.0 cm³/mol. The summed E-state index contributed by atoms with van der Waals surface area (Å²) in [6.45, 7) is 4.07. The van der Waals surface area contributed by atoms with E-state index in [-0.39, 0.29) is 5.78 Å². The lowest BCUT2D eigenvalue weighted by molar-refractivity contribution is 0.0994. The van der Waals surface area contributed by atoms with Crippen LogP contribution >= 0.6 is 11.3 Å². The van der Waals surface area contributed by atoms with Crippen molar-refractivity contribution in [3.05, 3.63) is 39.6 Å². The normalized spacial score (nSPS) is 10.7. The molecule has 0 spiro atoms. The molecule has 2 heterocycles. The molecule has 0 aromatic carbocycles. The van der Waals surface area contributed by atoms with Crippen molar-refractivity contribution in [3.8, 4) is 0 Å². The summed E-state index contributed by atoms with van der Waals surface area (Å²) in [5.41, 5.74) is 1.19. The molecule has 16 heavy (non-hydrogen) atoms. The van der Waals surface area contributed by atoms with Gasteiger partial charge in [-0.05, 0) is 25.5 Å². The summed E-state index contributed by atoms with van der Waals surface area (Å²) in [4.78, 5) is 18.2. The second-order valence-electron chi connectivity index (χ2n) is 3.90. The van der Waals surface area contributed by atoms with Gasteiger partial charge in [0, 0.05) is 24.3 Å². The summed E-state index contributed by atoms with van der Waals surface area (Å²) < 4.78 is 1.88. The van der Waals surface area contributed by atoms with Gasteiger partial charge in [-0.3, -0.25) is 4.79 Å². The zero-order valence-electron chi connectivity index (χ0n) is 9.65. The Kier molecular flexibility index (Phi) is 2.92. The average Bonchev–Trinajstić information content (AvgIpc) is 2.76. The predicted octanol–water partition coefficient (Wildman–Crippen LogP) is 2.52. The third-order valence-electron chi connectivity index (χ3n) is 2.68. The van der Waals surface area contributed by atoms with Gasteiger partial charge >= 0.3 is 0 Å². The van der Waals surface area contributed by atoms with Crippen LogP contribution in [0.4, 0.5) is 0 Å². The highest BCUT2D eigenvalue weighted by molar-refractivity contribution is 7.14. The van der Waals surface area contributed by atoms with Gasteiger partial charge in [-0.1, -0.05) is 0 Å². The lowest BCUT2D eigenvalue weighted by Crippen LogP contribution is -2.06. The van der Waals surface area contributed by atoms with Crippen molar-refractivity contribution in [3.63, 3.8) is 0 Å². The molecule has 2 rings (SSSR count). The number of hydrogen-bond donors (Lipinski definition) is 0. The molecule has 2 aromatic rings. The fourth-order valence-electron chi connectivity index (χ4n) is 1.51. The Balaban J connectivity index is 2.18. The molecule has 0 amide bonds. The number of carbonyl (C=O) groups is 1. The molecule has 0 aliphatic rings. The van der Waals surface area contributed by atoms with Crippen LogP contribution in [0.3, 0.4) is 0 Å². The van der Waals surface area contributed by atoms with Crippen molar-refractivity contribution < 1.29 is 4.79 Å². The SMILES string of the molecule is Cc1cc(C(=O)Cc2nccn2C)sc1C. The quantitative estimate of drug-likeness (QED) is 0.765. The summed E-state index contributed by atoms with van der Waals surface area (Å²) >= 11 is 1.56. The van der Waals surface area contributed by atoms with Crippen molar-refractivity contribution in [1.29, 1.82) is 0 Å². The van der Waals surface area contributed by atoms with E-state index >= 15 is 0 Å². The van der Waals surface area contributed by atoms with E-state index in [9.17, 15) is 4.79 Å². The van der Waals surface area contributed by atoms with Gasteiger partial charge in [0.25, 0.3) is 0 Å². The molecule has 2 aromatic heterocycles. The lowest BCUT2D eigenvalue weighted by Gasteiger charge is -1.99. The van der Waals surface area contributed by atoms with Crippen LogP contribution in [0, 0.1) is 13.8 Å². The highest BCUT2D eigenvalue weighted by Crippen LogP contribution is 2.21. The van der Waals surface area contributed by atoms with Gasteiger partial charge in [0.15, 0.2) is 5.78 Å². The average molecular weight is 234 g/mol. The maximum absolute atomic E-state index is 12.0.